The standard InChI is InChI=1S/C11H20N2O3/c1-8(2)6-10(14)12-9-4-5-13(7-9)11(15)16-3/h8-9H,4-7H2,1-3H3,(H,12,14). The molecule has 0 aromatic carbocycles. The van der Waals surface area contributed by atoms with Gasteiger partial charge in [-0.2, -0.15) is 0 Å². The van der Waals surface area contributed by atoms with E-state index in [0.29, 0.717) is 25.4 Å². The second-order valence-electron chi connectivity index (χ2n) is 4.57. The van der Waals surface area contributed by atoms with Gasteiger partial charge in [0, 0.05) is 25.6 Å². The maximum atomic E-state index is 11.5. The van der Waals surface area contributed by atoms with Gasteiger partial charge in [0.15, 0.2) is 0 Å². The number of rotatable bonds is 3. The van der Waals surface area contributed by atoms with Crippen LogP contribution in [0.5, 0.6) is 0 Å². The van der Waals surface area contributed by atoms with E-state index in [2.05, 4.69) is 10.1 Å². The van der Waals surface area contributed by atoms with Gasteiger partial charge in [-0.3, -0.25) is 4.79 Å². The van der Waals surface area contributed by atoms with E-state index in [1.165, 1.54) is 7.11 Å². The Labute approximate surface area is 96.1 Å². The molecule has 1 saturated heterocycles. The number of carbonyl (C=O) groups is 2. The quantitative estimate of drug-likeness (QED) is 0.783. The molecule has 1 unspecified atom stereocenters. The Bertz CT molecular complexity index is 266. The van der Waals surface area contributed by atoms with Gasteiger partial charge in [0.1, 0.15) is 0 Å². The van der Waals surface area contributed by atoms with Crippen molar-refractivity contribution in [1.82, 2.24) is 10.2 Å². The summed E-state index contributed by atoms with van der Waals surface area (Å²) in [7, 11) is 1.37. The molecule has 0 radical (unpaired) electrons. The highest BCUT2D eigenvalue weighted by atomic mass is 16.5. The summed E-state index contributed by atoms with van der Waals surface area (Å²) in [6.45, 7) is 5.22. The van der Waals surface area contributed by atoms with Gasteiger partial charge >= 0.3 is 6.09 Å². The summed E-state index contributed by atoms with van der Waals surface area (Å²) >= 11 is 0. The zero-order valence-corrected chi connectivity index (χ0v) is 10.2. The number of methoxy groups -OCH3 is 1. The third-order valence-corrected chi connectivity index (χ3v) is 2.58. The number of carbonyl (C=O) groups excluding carboxylic acids is 2. The van der Waals surface area contributed by atoms with Gasteiger partial charge in [0.05, 0.1) is 7.11 Å². The molecule has 16 heavy (non-hydrogen) atoms. The monoisotopic (exact) mass is 228 g/mol. The number of nitrogens with one attached hydrogen (secondary N) is 1. The average molecular weight is 228 g/mol. The lowest BCUT2D eigenvalue weighted by atomic mass is 10.1. The third-order valence-electron chi connectivity index (χ3n) is 2.58. The largest absolute Gasteiger partial charge is 0.453 e. The molecule has 0 aromatic heterocycles. The van der Waals surface area contributed by atoms with Crippen LogP contribution in [0, 0.1) is 5.92 Å². The normalized spacial score (nSPS) is 20.0. The van der Waals surface area contributed by atoms with Gasteiger partial charge in [0.2, 0.25) is 5.91 Å². The first-order valence-corrected chi connectivity index (χ1v) is 5.65. The predicted octanol–water partition coefficient (Wildman–Crippen LogP) is 0.989. The number of likely N-dealkylation sites (tertiary alicyclic amines) is 1. The van der Waals surface area contributed by atoms with Crippen molar-refractivity contribution in [2.75, 3.05) is 20.2 Å². The van der Waals surface area contributed by atoms with Crippen molar-refractivity contribution in [2.45, 2.75) is 32.7 Å². The van der Waals surface area contributed by atoms with E-state index >= 15 is 0 Å². The molecule has 0 saturated carbocycles. The van der Waals surface area contributed by atoms with E-state index < -0.39 is 0 Å². The summed E-state index contributed by atoms with van der Waals surface area (Å²) in [5, 5.41) is 2.93. The molecule has 1 aliphatic heterocycles. The van der Waals surface area contributed by atoms with Crippen LogP contribution < -0.4 is 5.32 Å². The van der Waals surface area contributed by atoms with Crippen LogP contribution in [0.1, 0.15) is 26.7 Å². The number of nitrogens with zero attached hydrogens (tertiary/aromatic N) is 1. The molecular weight excluding hydrogens is 208 g/mol. The molecule has 5 nitrogen and oxygen atoms in total. The Balaban J connectivity index is 2.31. The maximum absolute atomic E-state index is 11.5. The van der Waals surface area contributed by atoms with Crippen molar-refractivity contribution in [1.29, 1.82) is 0 Å². The first-order chi connectivity index (χ1) is 7.52. The Kier molecular flexibility index (Phi) is 4.58. The molecule has 92 valence electrons. The van der Waals surface area contributed by atoms with E-state index in [1.54, 1.807) is 4.90 Å². The summed E-state index contributed by atoms with van der Waals surface area (Å²) < 4.78 is 4.63. The van der Waals surface area contributed by atoms with Crippen LogP contribution in [0.25, 0.3) is 0 Å². The average Bonchev–Trinajstić information content (AvgIpc) is 2.63. The van der Waals surface area contributed by atoms with E-state index in [9.17, 15) is 9.59 Å². The second-order valence-corrected chi connectivity index (χ2v) is 4.57. The molecule has 0 spiro atoms. The summed E-state index contributed by atoms with van der Waals surface area (Å²) in [5.41, 5.74) is 0. The molecule has 0 aromatic rings. The molecule has 1 aliphatic rings. The lowest BCUT2D eigenvalue weighted by Crippen LogP contribution is -2.38. The Morgan fingerprint density at radius 1 is 1.50 bits per heavy atom. The molecule has 2 amide bonds. The SMILES string of the molecule is COC(=O)N1CCC(NC(=O)CC(C)C)C1. The lowest BCUT2D eigenvalue weighted by Gasteiger charge is -2.16. The van der Waals surface area contributed by atoms with Gasteiger partial charge in [-0.15, -0.1) is 0 Å². The van der Waals surface area contributed by atoms with Gasteiger partial charge in [-0.1, -0.05) is 13.8 Å². The van der Waals surface area contributed by atoms with E-state index in [4.69, 9.17) is 0 Å². The molecule has 1 fully saturated rings. The summed E-state index contributed by atoms with van der Waals surface area (Å²) in [6, 6.07) is 0.0744. The molecule has 1 heterocycles. The van der Waals surface area contributed by atoms with Crippen LogP contribution in [0.15, 0.2) is 0 Å². The van der Waals surface area contributed by atoms with E-state index in [0.717, 1.165) is 6.42 Å². The maximum Gasteiger partial charge on any atom is 0.409 e. The van der Waals surface area contributed by atoms with Gasteiger partial charge in [0.25, 0.3) is 0 Å². The fourth-order valence-corrected chi connectivity index (χ4v) is 1.83. The van der Waals surface area contributed by atoms with E-state index in [1.807, 2.05) is 13.8 Å². The summed E-state index contributed by atoms with van der Waals surface area (Å²) in [5.74, 6) is 0.421. The molecule has 1 rings (SSSR count). The smallest absolute Gasteiger partial charge is 0.409 e. The van der Waals surface area contributed by atoms with Crippen molar-refractivity contribution in [2.24, 2.45) is 5.92 Å². The minimum atomic E-state index is -0.319. The van der Waals surface area contributed by atoms with Crippen molar-refractivity contribution >= 4 is 12.0 Å². The Morgan fingerprint density at radius 2 is 2.19 bits per heavy atom. The first kappa shape index (κ1) is 12.8. The summed E-state index contributed by atoms with van der Waals surface area (Å²) in [6.07, 6.45) is 1.02. The highest BCUT2D eigenvalue weighted by Crippen LogP contribution is 2.11. The van der Waals surface area contributed by atoms with Gasteiger partial charge in [-0.05, 0) is 12.3 Å². The Hall–Kier alpha value is -1.26. The molecular formula is C11H20N2O3. The first-order valence-electron chi connectivity index (χ1n) is 5.65. The van der Waals surface area contributed by atoms with Crippen LogP contribution in [0.3, 0.4) is 0 Å². The van der Waals surface area contributed by atoms with Crippen molar-refractivity contribution in [3.05, 3.63) is 0 Å². The minimum Gasteiger partial charge on any atom is -0.453 e. The number of amides is 2. The molecule has 0 bridgehead atoms. The molecule has 5 heteroatoms. The van der Waals surface area contributed by atoms with Gasteiger partial charge < -0.3 is 15.0 Å². The van der Waals surface area contributed by atoms with Crippen molar-refractivity contribution in [3.8, 4) is 0 Å². The van der Waals surface area contributed by atoms with Crippen molar-refractivity contribution in [3.63, 3.8) is 0 Å². The third kappa shape index (κ3) is 3.72. The number of ether oxygens (including phenoxy) is 1. The highest BCUT2D eigenvalue weighted by Gasteiger charge is 2.27. The van der Waals surface area contributed by atoms with Crippen LogP contribution in [0.2, 0.25) is 0 Å². The number of hydrogen-bond donors (Lipinski definition) is 1. The molecule has 1 N–H and O–H groups in total. The Morgan fingerprint density at radius 3 is 2.75 bits per heavy atom. The molecule has 1 atom stereocenters. The zero-order valence-electron chi connectivity index (χ0n) is 10.2. The minimum absolute atomic E-state index is 0.0618. The van der Waals surface area contributed by atoms with E-state index in [-0.39, 0.29) is 18.0 Å². The van der Waals surface area contributed by atoms with Crippen LogP contribution in [-0.2, 0) is 9.53 Å². The fourth-order valence-electron chi connectivity index (χ4n) is 1.83. The lowest BCUT2D eigenvalue weighted by molar-refractivity contribution is -0.122. The molecule has 0 aliphatic carbocycles. The highest BCUT2D eigenvalue weighted by molar-refractivity contribution is 5.76. The predicted molar refractivity (Wildman–Crippen MR) is 60.0 cm³/mol. The van der Waals surface area contributed by atoms with Crippen LogP contribution in [0.4, 0.5) is 4.79 Å². The van der Waals surface area contributed by atoms with Crippen LogP contribution in [-0.4, -0.2) is 43.1 Å². The number of hydrogen-bond acceptors (Lipinski definition) is 3. The second kappa shape index (κ2) is 5.72. The fraction of sp³-hybridized carbons (Fsp3) is 0.818. The summed E-state index contributed by atoms with van der Waals surface area (Å²) in [4.78, 5) is 24.3. The topological polar surface area (TPSA) is 58.6 Å². The van der Waals surface area contributed by atoms with Gasteiger partial charge in [-0.25, -0.2) is 4.79 Å². The zero-order chi connectivity index (χ0) is 12.1. The van der Waals surface area contributed by atoms with Crippen molar-refractivity contribution < 1.29 is 14.3 Å². The van der Waals surface area contributed by atoms with Crippen LogP contribution >= 0.6 is 0 Å².